The maximum atomic E-state index is 12.7. The number of Topliss-reactive ketones (excluding diaryl/α,β-unsaturated/α-hetero) is 1. The second-order valence-electron chi connectivity index (χ2n) is 4.51. The largest absolute Gasteiger partial charge is 0.486 e. The summed E-state index contributed by atoms with van der Waals surface area (Å²) in [6.45, 7) is 4.60. The van der Waals surface area contributed by atoms with E-state index in [9.17, 15) is 14.0 Å². The number of ketones is 1. The van der Waals surface area contributed by atoms with Crippen LogP contribution in [0.25, 0.3) is 0 Å². The lowest BCUT2D eigenvalue weighted by Gasteiger charge is -2.20. The summed E-state index contributed by atoms with van der Waals surface area (Å²) in [6, 6.07) is 5.30. The molecule has 0 aliphatic carbocycles. The van der Waals surface area contributed by atoms with Gasteiger partial charge in [0.2, 0.25) is 0 Å². The first kappa shape index (κ1) is 15.1. The van der Waals surface area contributed by atoms with Gasteiger partial charge in [-0.25, -0.2) is 4.39 Å². The van der Waals surface area contributed by atoms with Gasteiger partial charge < -0.3 is 9.47 Å². The number of carbonyl (C=O) groups is 2. The highest BCUT2D eigenvalue weighted by Gasteiger charge is 2.37. The molecule has 0 aromatic heterocycles. The summed E-state index contributed by atoms with van der Waals surface area (Å²) < 4.78 is 22.7. The summed E-state index contributed by atoms with van der Waals surface area (Å²) in [6.07, 6.45) is 0. The van der Waals surface area contributed by atoms with Gasteiger partial charge in [0.15, 0.2) is 5.78 Å². The molecule has 0 N–H and O–H groups in total. The molecule has 0 aliphatic heterocycles. The number of esters is 1. The molecule has 0 amide bonds. The molecule has 5 heteroatoms. The van der Waals surface area contributed by atoms with E-state index in [0.717, 1.165) is 0 Å². The Morgan fingerprint density at radius 3 is 2.32 bits per heavy atom. The van der Waals surface area contributed by atoms with Crippen molar-refractivity contribution >= 4 is 11.8 Å². The minimum Gasteiger partial charge on any atom is -0.486 e. The number of halogens is 1. The topological polar surface area (TPSA) is 52.6 Å². The summed E-state index contributed by atoms with van der Waals surface area (Å²) in [5, 5.41) is 0. The number of hydrogen-bond acceptors (Lipinski definition) is 4. The molecule has 1 aromatic rings. The molecule has 0 saturated carbocycles. The van der Waals surface area contributed by atoms with Gasteiger partial charge in [-0.05, 0) is 45.0 Å². The Morgan fingerprint density at radius 1 is 1.21 bits per heavy atom. The van der Waals surface area contributed by atoms with Gasteiger partial charge in [-0.2, -0.15) is 0 Å². The minimum atomic E-state index is -1.25. The first-order valence-corrected chi connectivity index (χ1v) is 5.96. The van der Waals surface area contributed by atoms with Crippen molar-refractivity contribution in [3.05, 3.63) is 30.1 Å². The van der Waals surface area contributed by atoms with Crippen LogP contribution in [0.3, 0.4) is 0 Å². The Morgan fingerprint density at radius 2 is 1.79 bits per heavy atom. The molecule has 0 radical (unpaired) electrons. The molecule has 0 atom stereocenters. The average Bonchev–Trinajstić information content (AvgIpc) is 2.37. The quantitative estimate of drug-likeness (QED) is 0.587. The molecular formula is C14H17FO4. The molecule has 1 aromatic carbocycles. The third-order valence-electron chi connectivity index (χ3n) is 2.67. The van der Waals surface area contributed by atoms with Gasteiger partial charge >= 0.3 is 5.97 Å². The predicted molar refractivity (Wildman–Crippen MR) is 67.3 cm³/mol. The molecule has 4 nitrogen and oxygen atoms in total. The van der Waals surface area contributed by atoms with Crippen molar-refractivity contribution in [1.82, 2.24) is 0 Å². The van der Waals surface area contributed by atoms with Crippen LogP contribution in [0.5, 0.6) is 5.75 Å². The minimum absolute atomic E-state index is 0.217. The molecule has 0 heterocycles. The smallest absolute Gasteiger partial charge is 0.319 e. The van der Waals surface area contributed by atoms with Crippen molar-refractivity contribution in [3.63, 3.8) is 0 Å². The highest BCUT2D eigenvalue weighted by molar-refractivity contribution is 6.03. The van der Waals surface area contributed by atoms with Gasteiger partial charge in [0.1, 0.15) is 23.6 Å². The molecule has 0 bridgehead atoms. The van der Waals surface area contributed by atoms with Crippen LogP contribution in [-0.4, -0.2) is 25.0 Å². The fraction of sp³-hybridized carbons (Fsp3) is 0.429. The van der Waals surface area contributed by atoms with E-state index in [1.165, 1.54) is 38.1 Å². The molecule has 0 aliphatic rings. The molecule has 0 fully saturated rings. The van der Waals surface area contributed by atoms with Crippen LogP contribution in [0.15, 0.2) is 24.3 Å². The van der Waals surface area contributed by atoms with Crippen LogP contribution in [0.2, 0.25) is 0 Å². The SMILES string of the molecule is CCOC(=O)C(C)(C)C(=O)COc1ccc(F)cc1. The van der Waals surface area contributed by atoms with Crippen molar-refractivity contribution in [2.24, 2.45) is 5.41 Å². The predicted octanol–water partition coefficient (Wildman–Crippen LogP) is 2.36. The van der Waals surface area contributed by atoms with Gasteiger partial charge in [-0.15, -0.1) is 0 Å². The summed E-state index contributed by atoms with van der Waals surface area (Å²) in [5.74, 6) is -0.988. The van der Waals surface area contributed by atoms with Gasteiger partial charge in [0, 0.05) is 0 Å². The monoisotopic (exact) mass is 268 g/mol. The fourth-order valence-electron chi connectivity index (χ4n) is 1.29. The Hall–Kier alpha value is -1.91. The van der Waals surface area contributed by atoms with Crippen LogP contribution in [0.4, 0.5) is 4.39 Å². The number of rotatable bonds is 6. The summed E-state index contributed by atoms with van der Waals surface area (Å²) in [4.78, 5) is 23.5. The maximum absolute atomic E-state index is 12.7. The van der Waals surface area contributed by atoms with Crippen LogP contribution in [0.1, 0.15) is 20.8 Å². The van der Waals surface area contributed by atoms with Gasteiger partial charge in [0.05, 0.1) is 6.61 Å². The summed E-state index contributed by atoms with van der Waals surface area (Å²) in [7, 11) is 0. The zero-order valence-electron chi connectivity index (χ0n) is 11.2. The summed E-state index contributed by atoms with van der Waals surface area (Å²) in [5.41, 5.74) is -1.25. The zero-order valence-corrected chi connectivity index (χ0v) is 11.2. The van der Waals surface area contributed by atoms with Crippen LogP contribution in [0, 0.1) is 11.2 Å². The lowest BCUT2D eigenvalue weighted by Crippen LogP contribution is -2.38. The first-order valence-electron chi connectivity index (χ1n) is 5.96. The van der Waals surface area contributed by atoms with Crippen LogP contribution < -0.4 is 4.74 Å². The number of carbonyl (C=O) groups excluding carboxylic acids is 2. The molecule has 0 saturated heterocycles. The van der Waals surface area contributed by atoms with Crippen molar-refractivity contribution in [2.45, 2.75) is 20.8 Å². The van der Waals surface area contributed by atoms with E-state index in [-0.39, 0.29) is 19.0 Å². The second-order valence-corrected chi connectivity index (χ2v) is 4.51. The maximum Gasteiger partial charge on any atom is 0.319 e. The lowest BCUT2D eigenvalue weighted by atomic mass is 9.88. The van der Waals surface area contributed by atoms with E-state index in [1.54, 1.807) is 6.92 Å². The third kappa shape index (κ3) is 4.05. The van der Waals surface area contributed by atoms with Gasteiger partial charge in [0.25, 0.3) is 0 Å². The van der Waals surface area contributed by atoms with Crippen molar-refractivity contribution in [3.8, 4) is 5.75 Å². The van der Waals surface area contributed by atoms with Crippen molar-refractivity contribution in [2.75, 3.05) is 13.2 Å². The Kier molecular flexibility index (Phi) is 5.03. The van der Waals surface area contributed by atoms with Crippen LogP contribution >= 0.6 is 0 Å². The molecule has 0 unspecified atom stereocenters. The molecule has 104 valence electrons. The van der Waals surface area contributed by atoms with E-state index in [1.807, 2.05) is 0 Å². The van der Waals surface area contributed by atoms with Gasteiger partial charge in [-0.1, -0.05) is 0 Å². The van der Waals surface area contributed by atoms with Gasteiger partial charge in [-0.3, -0.25) is 9.59 Å². The van der Waals surface area contributed by atoms with E-state index in [2.05, 4.69) is 0 Å². The van der Waals surface area contributed by atoms with E-state index >= 15 is 0 Å². The number of ether oxygens (including phenoxy) is 2. The highest BCUT2D eigenvalue weighted by atomic mass is 19.1. The molecular weight excluding hydrogens is 251 g/mol. The molecule has 0 spiro atoms. The molecule has 19 heavy (non-hydrogen) atoms. The first-order chi connectivity index (χ1) is 8.87. The van der Waals surface area contributed by atoms with Crippen molar-refractivity contribution in [1.29, 1.82) is 0 Å². The zero-order chi connectivity index (χ0) is 14.5. The number of benzene rings is 1. The molecule has 1 rings (SSSR count). The average molecular weight is 268 g/mol. The second kappa shape index (κ2) is 6.31. The lowest BCUT2D eigenvalue weighted by molar-refractivity contribution is -0.158. The van der Waals surface area contributed by atoms with E-state index in [4.69, 9.17) is 9.47 Å². The van der Waals surface area contributed by atoms with Crippen molar-refractivity contribution < 1.29 is 23.5 Å². The normalized spacial score (nSPS) is 10.9. The fourth-order valence-corrected chi connectivity index (χ4v) is 1.29. The van der Waals surface area contributed by atoms with E-state index < -0.39 is 17.2 Å². The van der Waals surface area contributed by atoms with Crippen LogP contribution in [-0.2, 0) is 14.3 Å². The summed E-state index contributed by atoms with van der Waals surface area (Å²) >= 11 is 0. The van der Waals surface area contributed by atoms with E-state index in [0.29, 0.717) is 5.75 Å². The highest BCUT2D eigenvalue weighted by Crippen LogP contribution is 2.20. The Bertz CT molecular complexity index is 451. The standard InChI is InChI=1S/C14H17FO4/c1-4-18-13(17)14(2,3)12(16)9-19-11-7-5-10(15)6-8-11/h5-8H,4,9H2,1-3H3. The third-order valence-corrected chi connectivity index (χ3v) is 2.67. The number of hydrogen-bond donors (Lipinski definition) is 0. The Balaban J connectivity index is 2.59. The Labute approximate surface area is 111 Å².